The van der Waals surface area contributed by atoms with Crippen LogP contribution < -0.4 is 9.44 Å². The van der Waals surface area contributed by atoms with Crippen molar-refractivity contribution in [1.82, 2.24) is 4.72 Å². The van der Waals surface area contributed by atoms with Gasteiger partial charge in [0.25, 0.3) is 0 Å². The van der Waals surface area contributed by atoms with Crippen LogP contribution in [0.15, 0.2) is 29.2 Å². The molecule has 20 heavy (non-hydrogen) atoms. The lowest BCUT2D eigenvalue weighted by atomic mass is 10.3. The minimum Gasteiger partial charge on any atom is -0.480 e. The Hall–Kier alpha value is -1.65. The van der Waals surface area contributed by atoms with Crippen molar-refractivity contribution >= 4 is 31.7 Å². The molecule has 0 aromatic heterocycles. The molecule has 0 amide bonds. The van der Waals surface area contributed by atoms with Gasteiger partial charge in [0.05, 0.1) is 5.69 Å². The monoisotopic (exact) mass is 322 g/mol. The fraction of sp³-hybridized carbons (Fsp3) is 0.300. The van der Waals surface area contributed by atoms with E-state index in [4.69, 9.17) is 5.11 Å². The lowest BCUT2D eigenvalue weighted by Crippen LogP contribution is -2.32. The normalized spacial score (nSPS) is 13.7. The molecule has 10 heteroatoms. The van der Waals surface area contributed by atoms with Crippen molar-refractivity contribution in [3.63, 3.8) is 0 Å². The summed E-state index contributed by atoms with van der Waals surface area (Å²) >= 11 is 0. The number of sulfonamides is 2. The minimum absolute atomic E-state index is 0.213. The summed E-state index contributed by atoms with van der Waals surface area (Å²) < 4.78 is 51.1. The molecule has 0 radical (unpaired) electrons. The maximum absolute atomic E-state index is 11.8. The molecule has 1 atom stereocenters. The van der Waals surface area contributed by atoms with Crippen molar-refractivity contribution < 1.29 is 26.7 Å². The van der Waals surface area contributed by atoms with E-state index in [1.54, 1.807) is 0 Å². The van der Waals surface area contributed by atoms with Crippen molar-refractivity contribution in [3.8, 4) is 0 Å². The van der Waals surface area contributed by atoms with Crippen LogP contribution in [0.25, 0.3) is 0 Å². The van der Waals surface area contributed by atoms with E-state index in [0.717, 1.165) is 6.92 Å². The van der Waals surface area contributed by atoms with Crippen molar-refractivity contribution in [2.45, 2.75) is 17.1 Å². The van der Waals surface area contributed by atoms with Gasteiger partial charge in [-0.1, -0.05) is 12.1 Å². The number of para-hydroxylation sites is 1. The predicted octanol–water partition coefficient (Wildman–Crippen LogP) is -0.191. The Morgan fingerprint density at radius 1 is 1.20 bits per heavy atom. The summed E-state index contributed by atoms with van der Waals surface area (Å²) in [4.78, 5) is 10.4. The molecule has 1 unspecified atom stereocenters. The number of anilines is 1. The molecule has 0 aliphatic rings. The first-order valence-electron chi connectivity index (χ1n) is 5.39. The molecule has 1 aromatic carbocycles. The van der Waals surface area contributed by atoms with E-state index in [9.17, 15) is 21.6 Å². The maximum Gasteiger partial charge on any atom is 0.323 e. The second kappa shape index (κ2) is 5.77. The van der Waals surface area contributed by atoms with Gasteiger partial charge in [0.2, 0.25) is 20.0 Å². The number of carboxylic acids is 1. The quantitative estimate of drug-likeness (QED) is 0.665. The first-order chi connectivity index (χ1) is 9.12. The van der Waals surface area contributed by atoms with E-state index in [-0.39, 0.29) is 10.6 Å². The van der Waals surface area contributed by atoms with Gasteiger partial charge in [-0.15, -0.1) is 0 Å². The van der Waals surface area contributed by atoms with Crippen LogP contribution in [0.2, 0.25) is 0 Å². The molecule has 0 aliphatic heterocycles. The Balaban J connectivity index is 3.28. The van der Waals surface area contributed by atoms with E-state index >= 15 is 0 Å². The van der Waals surface area contributed by atoms with E-state index in [1.807, 2.05) is 4.72 Å². The fourth-order valence-electron chi connectivity index (χ4n) is 1.27. The number of benzene rings is 1. The number of nitrogens with one attached hydrogen (secondary N) is 2. The molecule has 0 spiro atoms. The third-order valence-electron chi connectivity index (χ3n) is 2.51. The van der Waals surface area contributed by atoms with Gasteiger partial charge in [0.1, 0.15) is 4.90 Å². The lowest BCUT2D eigenvalue weighted by molar-refractivity contribution is -0.136. The molecule has 1 aromatic rings. The molecule has 0 saturated heterocycles. The van der Waals surface area contributed by atoms with Crippen LogP contribution in [-0.2, 0) is 24.8 Å². The topological polar surface area (TPSA) is 130 Å². The van der Waals surface area contributed by atoms with Crippen LogP contribution in [0.3, 0.4) is 0 Å². The summed E-state index contributed by atoms with van der Waals surface area (Å²) in [5, 5.41) is 7.01. The number of rotatable bonds is 6. The Morgan fingerprint density at radius 2 is 1.75 bits per heavy atom. The zero-order chi connectivity index (χ0) is 15.6. The zero-order valence-corrected chi connectivity index (χ0v) is 12.3. The van der Waals surface area contributed by atoms with Gasteiger partial charge in [-0.2, -0.15) is 0 Å². The van der Waals surface area contributed by atoms with Gasteiger partial charge in [-0.05, 0) is 26.1 Å². The third-order valence-corrected chi connectivity index (χ3v) is 5.62. The van der Waals surface area contributed by atoms with Crippen LogP contribution in [-0.4, -0.2) is 40.2 Å². The Labute approximate surface area is 116 Å². The van der Waals surface area contributed by atoms with Crippen molar-refractivity contribution in [3.05, 3.63) is 24.3 Å². The summed E-state index contributed by atoms with van der Waals surface area (Å²) in [5.41, 5.74) is -0.213. The number of hydrogen-bond donors (Lipinski definition) is 3. The highest BCUT2D eigenvalue weighted by Crippen LogP contribution is 2.22. The van der Waals surface area contributed by atoms with Gasteiger partial charge in [0, 0.05) is 0 Å². The van der Waals surface area contributed by atoms with Crippen LogP contribution in [0.4, 0.5) is 5.69 Å². The molecular formula is C10H14N2O6S2. The number of aliphatic carboxylic acids is 1. The van der Waals surface area contributed by atoms with Gasteiger partial charge >= 0.3 is 5.97 Å². The van der Waals surface area contributed by atoms with Crippen LogP contribution in [0.1, 0.15) is 6.92 Å². The van der Waals surface area contributed by atoms with Crippen LogP contribution in [0, 0.1) is 0 Å². The summed E-state index contributed by atoms with van der Waals surface area (Å²) in [7, 11) is -6.94. The van der Waals surface area contributed by atoms with Crippen LogP contribution >= 0.6 is 0 Å². The Bertz CT molecular complexity index is 711. The SMILES string of the molecule is CNS(=O)(=O)c1ccccc1NS(=O)(=O)C(C)C(=O)O. The van der Waals surface area contributed by atoms with Crippen molar-refractivity contribution in [1.29, 1.82) is 0 Å². The van der Waals surface area contributed by atoms with E-state index < -0.39 is 31.3 Å². The maximum atomic E-state index is 11.8. The first kappa shape index (κ1) is 16.4. The second-order valence-corrected chi connectivity index (χ2v) is 7.69. The Morgan fingerprint density at radius 3 is 2.25 bits per heavy atom. The van der Waals surface area contributed by atoms with E-state index in [0.29, 0.717) is 0 Å². The molecule has 0 heterocycles. The molecule has 0 bridgehead atoms. The molecule has 0 saturated carbocycles. The molecule has 3 N–H and O–H groups in total. The van der Waals surface area contributed by atoms with Crippen molar-refractivity contribution in [2.75, 3.05) is 11.8 Å². The summed E-state index contributed by atoms with van der Waals surface area (Å²) in [6.45, 7) is 0.986. The molecule has 0 aliphatic carbocycles. The Kier molecular flexibility index (Phi) is 4.73. The van der Waals surface area contributed by atoms with Gasteiger partial charge in [-0.25, -0.2) is 21.6 Å². The van der Waals surface area contributed by atoms with Crippen molar-refractivity contribution in [2.24, 2.45) is 0 Å². The summed E-state index contributed by atoms with van der Waals surface area (Å²) in [5.74, 6) is -1.54. The smallest absolute Gasteiger partial charge is 0.323 e. The summed E-state index contributed by atoms with van der Waals surface area (Å²) in [6.07, 6.45) is 0. The van der Waals surface area contributed by atoms with Gasteiger partial charge in [0.15, 0.2) is 5.25 Å². The molecule has 0 fully saturated rings. The second-order valence-electron chi connectivity index (χ2n) is 3.83. The van der Waals surface area contributed by atoms with Gasteiger partial charge < -0.3 is 5.11 Å². The zero-order valence-electron chi connectivity index (χ0n) is 10.7. The number of carbonyl (C=O) groups is 1. The minimum atomic E-state index is -4.25. The highest BCUT2D eigenvalue weighted by Gasteiger charge is 2.29. The van der Waals surface area contributed by atoms with Crippen LogP contribution in [0.5, 0.6) is 0 Å². The van der Waals surface area contributed by atoms with E-state index in [1.165, 1.54) is 31.3 Å². The molecule has 8 nitrogen and oxygen atoms in total. The third kappa shape index (κ3) is 3.46. The average Bonchev–Trinajstić information content (AvgIpc) is 2.37. The number of hydrogen-bond acceptors (Lipinski definition) is 5. The molecule has 1 rings (SSSR count). The summed E-state index contributed by atoms with van der Waals surface area (Å²) in [6, 6.07) is 5.28. The number of carboxylic acid groups (broad SMARTS) is 1. The molecular weight excluding hydrogens is 308 g/mol. The first-order valence-corrected chi connectivity index (χ1v) is 8.42. The molecule has 112 valence electrons. The van der Waals surface area contributed by atoms with Gasteiger partial charge in [-0.3, -0.25) is 9.52 Å². The average molecular weight is 322 g/mol. The largest absolute Gasteiger partial charge is 0.480 e. The van der Waals surface area contributed by atoms with E-state index in [2.05, 4.69) is 4.72 Å². The fourth-order valence-corrected chi connectivity index (χ4v) is 3.15. The highest BCUT2D eigenvalue weighted by atomic mass is 32.2. The highest BCUT2D eigenvalue weighted by molar-refractivity contribution is 7.94. The lowest BCUT2D eigenvalue weighted by Gasteiger charge is -2.14. The standard InChI is InChI=1S/C10H14N2O6S2/c1-7(10(13)14)19(15,16)12-8-5-3-4-6-9(8)20(17,18)11-2/h3-7,11-12H,1-2H3,(H,13,14). The predicted molar refractivity (Wildman–Crippen MR) is 72.3 cm³/mol.